The van der Waals surface area contributed by atoms with E-state index in [0.717, 1.165) is 23.9 Å². The maximum atomic E-state index is 6.13. The highest BCUT2D eigenvalue weighted by atomic mass is 35.5. The van der Waals surface area contributed by atoms with Crippen molar-refractivity contribution in [1.82, 2.24) is 4.90 Å². The van der Waals surface area contributed by atoms with E-state index < -0.39 is 0 Å². The molecule has 0 aromatic heterocycles. The van der Waals surface area contributed by atoms with Gasteiger partial charge >= 0.3 is 0 Å². The van der Waals surface area contributed by atoms with Gasteiger partial charge in [0.1, 0.15) is 0 Å². The topological polar surface area (TPSA) is 3.24 Å². The van der Waals surface area contributed by atoms with E-state index in [0.29, 0.717) is 5.02 Å². The van der Waals surface area contributed by atoms with E-state index in [1.165, 1.54) is 24.3 Å². The van der Waals surface area contributed by atoms with Crippen molar-refractivity contribution in [2.24, 2.45) is 0 Å². The van der Waals surface area contributed by atoms with Crippen LogP contribution in [-0.2, 0) is 5.75 Å². The number of thioether (sulfide) groups is 1. The lowest BCUT2D eigenvalue weighted by molar-refractivity contribution is 0.305. The van der Waals surface area contributed by atoms with Gasteiger partial charge in [0.25, 0.3) is 0 Å². The van der Waals surface area contributed by atoms with Crippen molar-refractivity contribution < 1.29 is 0 Å². The zero-order valence-corrected chi connectivity index (χ0v) is 13.4. The highest BCUT2D eigenvalue weighted by Gasteiger charge is 2.02. The zero-order valence-electron chi connectivity index (χ0n) is 11.1. The van der Waals surface area contributed by atoms with Crippen molar-refractivity contribution in [3.63, 3.8) is 0 Å². The molecule has 0 saturated carbocycles. The Morgan fingerprint density at radius 2 is 1.89 bits per heavy atom. The minimum Gasteiger partial charge on any atom is -0.304 e. The normalized spacial score (nSPS) is 11.2. The molecule has 0 aliphatic carbocycles. The minimum atomic E-state index is 0.704. The third-order valence-corrected chi connectivity index (χ3v) is 4.61. The fourth-order valence-electron chi connectivity index (χ4n) is 1.75. The molecule has 0 aliphatic heterocycles. The number of hydrogen-bond donors (Lipinski definition) is 0. The molecule has 0 saturated heterocycles. The summed E-state index contributed by atoms with van der Waals surface area (Å²) < 4.78 is 0. The van der Waals surface area contributed by atoms with Crippen molar-refractivity contribution >= 4 is 35.0 Å². The predicted molar refractivity (Wildman–Crippen MR) is 85.0 cm³/mol. The Hall–Kier alpha value is 0.110. The Morgan fingerprint density at radius 1 is 1.17 bits per heavy atom. The Balaban J connectivity index is 2.21. The number of halogens is 2. The Bertz CT molecular complexity index is 354. The van der Waals surface area contributed by atoms with Gasteiger partial charge in [-0.15, -0.1) is 0 Å². The summed E-state index contributed by atoms with van der Waals surface area (Å²) >= 11 is 13.9. The predicted octanol–water partition coefficient (Wildman–Crippen LogP) is 4.96. The highest BCUT2D eigenvalue weighted by molar-refractivity contribution is 7.98. The molecule has 0 fully saturated rings. The fraction of sp³-hybridized carbons (Fsp3) is 0.571. The molecule has 0 radical (unpaired) electrons. The summed E-state index contributed by atoms with van der Waals surface area (Å²) in [6, 6.07) is 5.73. The van der Waals surface area contributed by atoms with E-state index in [1.807, 2.05) is 30.0 Å². The lowest BCUT2D eigenvalue weighted by Gasteiger charge is -2.17. The highest BCUT2D eigenvalue weighted by Crippen LogP contribution is 2.24. The molecular weight excluding hydrogens is 285 g/mol. The van der Waals surface area contributed by atoms with Gasteiger partial charge in [-0.2, -0.15) is 11.8 Å². The zero-order chi connectivity index (χ0) is 13.4. The molecule has 0 unspecified atom stereocenters. The van der Waals surface area contributed by atoms with Crippen molar-refractivity contribution in [2.45, 2.75) is 26.0 Å². The summed E-state index contributed by atoms with van der Waals surface area (Å²) in [5.41, 5.74) is 1.17. The molecule has 0 heterocycles. The SMILES string of the molecule is CCN(CC)CCCSCc1ccc(Cl)cc1Cl. The molecule has 4 heteroatoms. The van der Waals surface area contributed by atoms with Crippen molar-refractivity contribution in [2.75, 3.05) is 25.4 Å². The van der Waals surface area contributed by atoms with Gasteiger partial charge in [0.15, 0.2) is 0 Å². The van der Waals surface area contributed by atoms with Gasteiger partial charge in [-0.25, -0.2) is 0 Å². The van der Waals surface area contributed by atoms with Crippen LogP contribution in [0.3, 0.4) is 0 Å². The van der Waals surface area contributed by atoms with Crippen LogP contribution in [-0.4, -0.2) is 30.3 Å². The third kappa shape index (κ3) is 5.83. The quantitative estimate of drug-likeness (QED) is 0.625. The number of benzene rings is 1. The van der Waals surface area contributed by atoms with Gasteiger partial charge in [0, 0.05) is 15.8 Å². The Kier molecular flexibility index (Phi) is 8.16. The average Bonchev–Trinajstić information content (AvgIpc) is 2.36. The molecule has 1 aromatic rings. The first-order valence-corrected chi connectivity index (χ1v) is 8.32. The molecule has 0 bridgehead atoms. The number of hydrogen-bond acceptors (Lipinski definition) is 2. The van der Waals surface area contributed by atoms with Crippen LogP contribution >= 0.6 is 35.0 Å². The van der Waals surface area contributed by atoms with E-state index in [-0.39, 0.29) is 0 Å². The maximum absolute atomic E-state index is 6.13. The molecule has 0 N–H and O–H groups in total. The summed E-state index contributed by atoms with van der Waals surface area (Å²) in [7, 11) is 0. The molecule has 0 amide bonds. The third-order valence-electron chi connectivity index (χ3n) is 2.93. The fourth-order valence-corrected chi connectivity index (χ4v) is 3.25. The van der Waals surface area contributed by atoms with E-state index in [9.17, 15) is 0 Å². The van der Waals surface area contributed by atoms with Crippen LogP contribution in [0.15, 0.2) is 18.2 Å². The van der Waals surface area contributed by atoms with Crippen molar-refractivity contribution in [1.29, 1.82) is 0 Å². The van der Waals surface area contributed by atoms with Crippen molar-refractivity contribution in [3.8, 4) is 0 Å². The largest absolute Gasteiger partial charge is 0.304 e. The molecule has 1 rings (SSSR count). The van der Waals surface area contributed by atoms with Crippen LogP contribution in [0.2, 0.25) is 10.0 Å². The first-order valence-electron chi connectivity index (χ1n) is 6.41. The standard InChI is InChI=1S/C14H21Cl2NS/c1-3-17(4-2)8-5-9-18-11-12-6-7-13(15)10-14(12)16/h6-7,10H,3-5,8-9,11H2,1-2H3. The monoisotopic (exact) mass is 305 g/mol. The summed E-state index contributed by atoms with van der Waals surface area (Å²) in [4.78, 5) is 2.45. The molecule has 1 aromatic carbocycles. The van der Waals surface area contributed by atoms with Crippen molar-refractivity contribution in [3.05, 3.63) is 33.8 Å². The van der Waals surface area contributed by atoms with Gasteiger partial charge in [-0.05, 0) is 49.5 Å². The average molecular weight is 306 g/mol. The number of nitrogens with zero attached hydrogens (tertiary/aromatic N) is 1. The van der Waals surface area contributed by atoms with Gasteiger partial charge in [0.2, 0.25) is 0 Å². The smallest absolute Gasteiger partial charge is 0.0461 e. The maximum Gasteiger partial charge on any atom is 0.0461 e. The first kappa shape index (κ1) is 16.2. The van der Waals surface area contributed by atoms with Gasteiger partial charge < -0.3 is 4.90 Å². The van der Waals surface area contributed by atoms with Gasteiger partial charge in [0.05, 0.1) is 0 Å². The molecule has 102 valence electrons. The number of rotatable bonds is 8. The Morgan fingerprint density at radius 3 is 2.50 bits per heavy atom. The van der Waals surface area contributed by atoms with E-state index in [4.69, 9.17) is 23.2 Å². The lowest BCUT2D eigenvalue weighted by Crippen LogP contribution is -2.24. The van der Waals surface area contributed by atoms with Crippen LogP contribution in [0.25, 0.3) is 0 Å². The van der Waals surface area contributed by atoms with Crippen LogP contribution < -0.4 is 0 Å². The van der Waals surface area contributed by atoms with Crippen LogP contribution in [0, 0.1) is 0 Å². The summed E-state index contributed by atoms with van der Waals surface area (Å²) in [6.45, 7) is 7.90. The molecule has 0 aliphatic rings. The second-order valence-corrected chi connectivity index (χ2v) is 6.12. The van der Waals surface area contributed by atoms with Gasteiger partial charge in [-0.3, -0.25) is 0 Å². The minimum absolute atomic E-state index is 0.704. The summed E-state index contributed by atoms with van der Waals surface area (Å²) in [5.74, 6) is 2.14. The van der Waals surface area contributed by atoms with Crippen LogP contribution in [0.5, 0.6) is 0 Å². The van der Waals surface area contributed by atoms with E-state index >= 15 is 0 Å². The van der Waals surface area contributed by atoms with Crippen LogP contribution in [0.4, 0.5) is 0 Å². The lowest BCUT2D eigenvalue weighted by atomic mass is 10.2. The summed E-state index contributed by atoms with van der Waals surface area (Å²) in [5, 5.41) is 1.48. The van der Waals surface area contributed by atoms with E-state index in [2.05, 4.69) is 18.7 Å². The van der Waals surface area contributed by atoms with Gasteiger partial charge in [-0.1, -0.05) is 43.1 Å². The molecule has 18 heavy (non-hydrogen) atoms. The van der Waals surface area contributed by atoms with E-state index in [1.54, 1.807) is 0 Å². The van der Waals surface area contributed by atoms with Crippen LogP contribution in [0.1, 0.15) is 25.8 Å². The first-order chi connectivity index (χ1) is 8.67. The molecule has 0 spiro atoms. The second kappa shape index (κ2) is 9.08. The molecular formula is C14H21Cl2NS. The second-order valence-electron chi connectivity index (χ2n) is 4.17. The Labute approximate surface area is 125 Å². The molecule has 1 nitrogen and oxygen atoms in total. The summed E-state index contributed by atoms with van der Waals surface area (Å²) in [6.07, 6.45) is 1.23. The molecule has 0 atom stereocenters.